The molecule has 94 valence electrons. The van der Waals surface area contributed by atoms with E-state index in [4.69, 9.17) is 4.74 Å². The normalized spacial score (nSPS) is 12.2. The number of pyridine rings is 1. The van der Waals surface area contributed by atoms with Crippen LogP contribution in [0.4, 0.5) is 4.39 Å². The van der Waals surface area contributed by atoms with Gasteiger partial charge in [0.2, 0.25) is 5.88 Å². The summed E-state index contributed by atoms with van der Waals surface area (Å²) in [5.41, 5.74) is 1.49. The van der Waals surface area contributed by atoms with Gasteiger partial charge in [-0.15, -0.1) is 0 Å². The molecule has 3 nitrogen and oxygen atoms in total. The largest absolute Gasteiger partial charge is 0.481 e. The molecule has 1 N–H and O–H groups in total. The highest BCUT2D eigenvalue weighted by atomic mass is 19.1. The van der Waals surface area contributed by atoms with Crippen molar-refractivity contribution in [2.24, 2.45) is 0 Å². The number of methoxy groups -OCH3 is 1. The summed E-state index contributed by atoms with van der Waals surface area (Å²) < 4.78 is 17.9. The fourth-order valence-electron chi connectivity index (χ4n) is 1.78. The zero-order chi connectivity index (χ0) is 13.0. The fourth-order valence-corrected chi connectivity index (χ4v) is 1.78. The first-order valence-corrected chi connectivity index (χ1v) is 5.62. The van der Waals surface area contributed by atoms with Crippen molar-refractivity contribution in [1.29, 1.82) is 0 Å². The number of aromatic nitrogens is 1. The molecule has 0 spiro atoms. The van der Waals surface area contributed by atoms with Gasteiger partial charge in [-0.3, -0.25) is 0 Å². The maximum absolute atomic E-state index is 12.8. The van der Waals surface area contributed by atoms with Crippen LogP contribution in [0.25, 0.3) is 0 Å². The molecule has 18 heavy (non-hydrogen) atoms. The minimum atomic E-state index is -0.723. The zero-order valence-electron chi connectivity index (χ0n) is 10.0. The average Bonchev–Trinajstić information content (AvgIpc) is 2.41. The second-order valence-corrected chi connectivity index (χ2v) is 3.95. The molecule has 1 unspecified atom stereocenters. The van der Waals surface area contributed by atoms with E-state index in [2.05, 4.69) is 4.98 Å². The Morgan fingerprint density at radius 3 is 2.67 bits per heavy atom. The van der Waals surface area contributed by atoms with Gasteiger partial charge in [-0.2, -0.15) is 0 Å². The van der Waals surface area contributed by atoms with Crippen molar-refractivity contribution in [3.63, 3.8) is 0 Å². The number of halogens is 1. The van der Waals surface area contributed by atoms with Crippen LogP contribution in [0.5, 0.6) is 5.88 Å². The summed E-state index contributed by atoms with van der Waals surface area (Å²) >= 11 is 0. The van der Waals surface area contributed by atoms with Crippen LogP contribution in [0.1, 0.15) is 17.2 Å². The first-order chi connectivity index (χ1) is 8.70. The van der Waals surface area contributed by atoms with E-state index in [0.29, 0.717) is 17.9 Å². The molecule has 0 aliphatic carbocycles. The number of aliphatic hydroxyl groups excluding tert-OH is 1. The van der Waals surface area contributed by atoms with Gasteiger partial charge in [-0.25, -0.2) is 9.37 Å². The second kappa shape index (κ2) is 5.60. The van der Waals surface area contributed by atoms with Crippen molar-refractivity contribution in [3.05, 3.63) is 59.5 Å². The topological polar surface area (TPSA) is 42.4 Å². The Bertz CT molecular complexity index is 513. The number of aliphatic hydroxyl groups is 1. The van der Waals surface area contributed by atoms with E-state index in [1.54, 1.807) is 30.5 Å². The average molecular weight is 247 g/mol. The summed E-state index contributed by atoms with van der Waals surface area (Å²) in [4.78, 5) is 4.03. The van der Waals surface area contributed by atoms with Crippen LogP contribution in [0.2, 0.25) is 0 Å². The quantitative estimate of drug-likeness (QED) is 0.902. The van der Waals surface area contributed by atoms with E-state index in [0.717, 1.165) is 5.56 Å². The SMILES string of the molecule is COc1ncccc1C(O)Cc1ccc(F)cc1. The van der Waals surface area contributed by atoms with E-state index in [1.807, 2.05) is 0 Å². The Morgan fingerprint density at radius 2 is 2.00 bits per heavy atom. The molecule has 0 saturated heterocycles. The molecule has 0 aliphatic heterocycles. The second-order valence-electron chi connectivity index (χ2n) is 3.95. The van der Waals surface area contributed by atoms with Crippen LogP contribution >= 0.6 is 0 Å². The minimum Gasteiger partial charge on any atom is -0.481 e. The molecule has 4 heteroatoms. The number of ether oxygens (including phenoxy) is 1. The summed E-state index contributed by atoms with van der Waals surface area (Å²) in [6.45, 7) is 0. The Labute approximate surface area is 105 Å². The third-order valence-corrected chi connectivity index (χ3v) is 2.70. The van der Waals surface area contributed by atoms with Gasteiger partial charge in [0.05, 0.1) is 13.2 Å². The fraction of sp³-hybridized carbons (Fsp3) is 0.214. The van der Waals surface area contributed by atoms with Gasteiger partial charge >= 0.3 is 0 Å². The molecule has 0 saturated carbocycles. The van der Waals surface area contributed by atoms with Crippen molar-refractivity contribution >= 4 is 0 Å². The monoisotopic (exact) mass is 247 g/mol. The molecule has 0 fully saturated rings. The minimum absolute atomic E-state index is 0.285. The van der Waals surface area contributed by atoms with Gasteiger partial charge in [-0.05, 0) is 29.8 Å². The maximum atomic E-state index is 12.8. The van der Waals surface area contributed by atoms with Crippen molar-refractivity contribution in [2.45, 2.75) is 12.5 Å². The Morgan fingerprint density at radius 1 is 1.28 bits per heavy atom. The molecule has 0 aliphatic rings. The Hall–Kier alpha value is -1.94. The summed E-state index contributed by atoms with van der Waals surface area (Å²) in [6, 6.07) is 9.57. The predicted octanol–water partition coefficient (Wildman–Crippen LogP) is 2.51. The molecule has 1 aromatic heterocycles. The lowest BCUT2D eigenvalue weighted by Gasteiger charge is -2.13. The lowest BCUT2D eigenvalue weighted by atomic mass is 10.0. The molecule has 0 amide bonds. The van der Waals surface area contributed by atoms with Crippen molar-refractivity contribution in [3.8, 4) is 5.88 Å². The number of benzene rings is 1. The van der Waals surface area contributed by atoms with Crippen LogP contribution in [0, 0.1) is 5.82 Å². The Kier molecular flexibility index (Phi) is 3.89. The first-order valence-electron chi connectivity index (χ1n) is 5.62. The van der Waals surface area contributed by atoms with Crippen LogP contribution in [-0.4, -0.2) is 17.2 Å². The van der Waals surface area contributed by atoms with Crippen LogP contribution in [-0.2, 0) is 6.42 Å². The summed E-state index contributed by atoms with van der Waals surface area (Å²) in [5, 5.41) is 10.1. The molecule has 2 rings (SSSR count). The van der Waals surface area contributed by atoms with Crippen LogP contribution < -0.4 is 4.74 Å². The molecule has 0 radical (unpaired) electrons. The molecular formula is C14H14FNO2. The molecule has 2 aromatic rings. The Balaban J connectivity index is 2.16. The molecule has 1 heterocycles. The number of hydrogen-bond donors (Lipinski definition) is 1. The van der Waals surface area contributed by atoms with Gasteiger partial charge in [0.25, 0.3) is 0 Å². The lowest BCUT2D eigenvalue weighted by Crippen LogP contribution is -2.05. The zero-order valence-corrected chi connectivity index (χ0v) is 10.0. The molecule has 0 bridgehead atoms. The van der Waals surface area contributed by atoms with Gasteiger partial charge in [0.1, 0.15) is 5.82 Å². The first kappa shape index (κ1) is 12.5. The van der Waals surface area contributed by atoms with Crippen LogP contribution in [0.15, 0.2) is 42.6 Å². The van der Waals surface area contributed by atoms with Crippen LogP contribution in [0.3, 0.4) is 0 Å². The van der Waals surface area contributed by atoms with E-state index in [9.17, 15) is 9.50 Å². The number of rotatable bonds is 4. The third-order valence-electron chi connectivity index (χ3n) is 2.70. The maximum Gasteiger partial charge on any atom is 0.218 e. The van der Waals surface area contributed by atoms with E-state index >= 15 is 0 Å². The summed E-state index contributed by atoms with van der Waals surface area (Å²) in [7, 11) is 1.51. The highest BCUT2D eigenvalue weighted by Gasteiger charge is 2.14. The number of nitrogens with zero attached hydrogens (tertiary/aromatic N) is 1. The predicted molar refractivity (Wildman–Crippen MR) is 65.9 cm³/mol. The molecular weight excluding hydrogens is 233 g/mol. The lowest BCUT2D eigenvalue weighted by molar-refractivity contribution is 0.173. The van der Waals surface area contributed by atoms with Gasteiger partial charge in [-0.1, -0.05) is 12.1 Å². The highest BCUT2D eigenvalue weighted by molar-refractivity contribution is 5.29. The van der Waals surface area contributed by atoms with E-state index < -0.39 is 6.10 Å². The molecule has 1 aromatic carbocycles. The summed E-state index contributed by atoms with van der Waals surface area (Å²) in [5.74, 6) is 0.124. The third kappa shape index (κ3) is 2.84. The standard InChI is InChI=1S/C14H14FNO2/c1-18-14-12(3-2-8-16-14)13(17)9-10-4-6-11(15)7-5-10/h2-8,13,17H,9H2,1H3. The molecule has 1 atom stereocenters. The van der Waals surface area contributed by atoms with Gasteiger partial charge < -0.3 is 9.84 Å². The number of hydrogen-bond acceptors (Lipinski definition) is 3. The van der Waals surface area contributed by atoms with E-state index in [-0.39, 0.29) is 5.82 Å². The van der Waals surface area contributed by atoms with E-state index in [1.165, 1.54) is 19.2 Å². The van der Waals surface area contributed by atoms with Gasteiger partial charge in [0.15, 0.2) is 0 Å². The van der Waals surface area contributed by atoms with Crippen molar-refractivity contribution in [2.75, 3.05) is 7.11 Å². The smallest absolute Gasteiger partial charge is 0.218 e. The summed E-state index contributed by atoms with van der Waals surface area (Å²) in [6.07, 6.45) is 1.27. The highest BCUT2D eigenvalue weighted by Crippen LogP contribution is 2.25. The van der Waals surface area contributed by atoms with Crippen molar-refractivity contribution < 1.29 is 14.2 Å². The van der Waals surface area contributed by atoms with Gasteiger partial charge in [0, 0.05) is 18.2 Å². The van der Waals surface area contributed by atoms with Crippen molar-refractivity contribution in [1.82, 2.24) is 4.98 Å².